The number of carbonyl (C=O) groups is 1. The molecule has 3 nitrogen and oxygen atoms in total. The van der Waals surface area contributed by atoms with Gasteiger partial charge in [-0.2, -0.15) is 0 Å². The van der Waals surface area contributed by atoms with E-state index in [-0.39, 0.29) is 22.3 Å². The van der Waals surface area contributed by atoms with Crippen molar-refractivity contribution in [2.24, 2.45) is 0 Å². The number of rotatable bonds is 3. The van der Waals surface area contributed by atoms with Crippen LogP contribution in [0.2, 0.25) is 10.2 Å². The van der Waals surface area contributed by atoms with Crippen LogP contribution in [0.5, 0.6) is 0 Å². The smallest absolute Gasteiger partial charge is 0.311 e. The van der Waals surface area contributed by atoms with Crippen LogP contribution in [0.25, 0.3) is 0 Å². The van der Waals surface area contributed by atoms with E-state index in [1.165, 1.54) is 7.11 Å². The third kappa shape index (κ3) is 3.02. The van der Waals surface area contributed by atoms with Gasteiger partial charge in [0.2, 0.25) is 0 Å². The molecular weight excluding hydrogens is 263 g/mol. The Balaban J connectivity index is 3.09. The molecule has 0 N–H and O–H groups in total. The molecule has 0 fully saturated rings. The Morgan fingerprint density at radius 3 is 2.69 bits per heavy atom. The predicted octanol–water partition coefficient (Wildman–Crippen LogP) is 3.04. The van der Waals surface area contributed by atoms with Gasteiger partial charge in [0.15, 0.2) is 0 Å². The minimum atomic E-state index is -2.77. The molecule has 0 saturated carbocycles. The Kier molecular flexibility index (Phi) is 4.44. The van der Waals surface area contributed by atoms with Crippen LogP contribution in [-0.2, 0) is 16.0 Å². The number of hydrogen-bond acceptors (Lipinski definition) is 3. The maximum absolute atomic E-state index is 12.5. The summed E-state index contributed by atoms with van der Waals surface area (Å²) < 4.78 is 29.4. The first-order valence-electron chi connectivity index (χ1n) is 4.15. The first kappa shape index (κ1) is 13.1. The largest absolute Gasteiger partial charge is 0.469 e. The van der Waals surface area contributed by atoms with E-state index in [0.29, 0.717) is 0 Å². The number of carbonyl (C=O) groups excluding carboxylic acids is 1. The molecule has 0 amide bonds. The molecule has 0 unspecified atom stereocenters. The zero-order valence-corrected chi connectivity index (χ0v) is 9.65. The van der Waals surface area contributed by atoms with Crippen molar-refractivity contribution in [3.8, 4) is 0 Å². The van der Waals surface area contributed by atoms with Gasteiger partial charge in [-0.1, -0.05) is 23.2 Å². The molecule has 1 rings (SSSR count). The van der Waals surface area contributed by atoms with E-state index in [9.17, 15) is 13.6 Å². The van der Waals surface area contributed by atoms with Crippen LogP contribution < -0.4 is 0 Å². The van der Waals surface area contributed by atoms with E-state index in [1.807, 2.05) is 0 Å². The van der Waals surface area contributed by atoms with E-state index in [0.717, 1.165) is 6.07 Å². The summed E-state index contributed by atoms with van der Waals surface area (Å²) in [6.45, 7) is 0. The molecule has 0 aromatic carbocycles. The molecule has 0 bridgehead atoms. The minimum absolute atomic E-state index is 0.0940. The Labute approximate surface area is 100 Å². The summed E-state index contributed by atoms with van der Waals surface area (Å²) in [6, 6.07) is 1.04. The third-order valence-corrected chi connectivity index (χ3v) is 2.55. The summed E-state index contributed by atoms with van der Waals surface area (Å²) in [6.07, 6.45) is -3.00. The van der Waals surface area contributed by atoms with Gasteiger partial charge in [-0.25, -0.2) is 13.8 Å². The summed E-state index contributed by atoms with van der Waals surface area (Å²) >= 11 is 11.1. The van der Waals surface area contributed by atoms with E-state index < -0.39 is 18.0 Å². The van der Waals surface area contributed by atoms with Crippen molar-refractivity contribution >= 4 is 29.2 Å². The summed E-state index contributed by atoms with van der Waals surface area (Å²) in [7, 11) is 1.19. The monoisotopic (exact) mass is 269 g/mol. The van der Waals surface area contributed by atoms with Crippen LogP contribution in [0.4, 0.5) is 8.78 Å². The van der Waals surface area contributed by atoms with E-state index in [4.69, 9.17) is 23.2 Å². The normalized spacial score (nSPS) is 10.6. The van der Waals surface area contributed by atoms with E-state index in [1.54, 1.807) is 0 Å². The number of alkyl halides is 2. The molecule has 7 heteroatoms. The molecule has 0 saturated heterocycles. The van der Waals surface area contributed by atoms with Crippen molar-refractivity contribution in [1.82, 2.24) is 4.98 Å². The first-order chi connectivity index (χ1) is 7.45. The van der Waals surface area contributed by atoms with Crippen molar-refractivity contribution in [3.63, 3.8) is 0 Å². The summed E-state index contributed by atoms with van der Waals surface area (Å²) in [4.78, 5) is 14.6. The highest BCUT2D eigenvalue weighted by Gasteiger charge is 2.18. The zero-order valence-electron chi connectivity index (χ0n) is 8.14. The fourth-order valence-electron chi connectivity index (χ4n) is 1.04. The average Bonchev–Trinajstić information content (AvgIpc) is 2.22. The summed E-state index contributed by atoms with van der Waals surface area (Å²) in [5.74, 6) is -0.592. The van der Waals surface area contributed by atoms with Crippen LogP contribution in [0, 0.1) is 0 Å². The van der Waals surface area contributed by atoms with Gasteiger partial charge in [0.25, 0.3) is 6.43 Å². The van der Waals surface area contributed by atoms with Crippen LogP contribution in [-0.4, -0.2) is 18.1 Å². The van der Waals surface area contributed by atoms with Gasteiger partial charge in [0, 0.05) is 5.56 Å². The van der Waals surface area contributed by atoms with Gasteiger partial charge in [0.05, 0.1) is 24.2 Å². The Morgan fingerprint density at radius 2 is 2.19 bits per heavy atom. The van der Waals surface area contributed by atoms with Gasteiger partial charge in [0.1, 0.15) is 5.15 Å². The molecule has 88 valence electrons. The maximum atomic E-state index is 12.5. The fraction of sp³-hybridized carbons (Fsp3) is 0.333. The van der Waals surface area contributed by atoms with E-state index >= 15 is 0 Å². The summed E-state index contributed by atoms with van der Waals surface area (Å²) in [5, 5.41) is -0.552. The van der Waals surface area contributed by atoms with Gasteiger partial charge in [-0.3, -0.25) is 4.79 Å². The van der Waals surface area contributed by atoms with Crippen LogP contribution in [0.1, 0.15) is 17.7 Å². The molecule has 0 aliphatic heterocycles. The minimum Gasteiger partial charge on any atom is -0.469 e. The number of esters is 1. The van der Waals surface area contributed by atoms with Crippen molar-refractivity contribution < 1.29 is 18.3 Å². The van der Waals surface area contributed by atoms with Gasteiger partial charge < -0.3 is 4.74 Å². The lowest BCUT2D eigenvalue weighted by Crippen LogP contribution is -2.07. The number of methoxy groups -OCH3 is 1. The van der Waals surface area contributed by atoms with Crippen molar-refractivity contribution in [2.45, 2.75) is 12.8 Å². The predicted molar refractivity (Wildman–Crippen MR) is 54.9 cm³/mol. The number of nitrogens with zero attached hydrogens (tertiary/aromatic N) is 1. The molecule has 1 heterocycles. The molecule has 0 aliphatic carbocycles. The quantitative estimate of drug-likeness (QED) is 0.626. The van der Waals surface area contributed by atoms with Gasteiger partial charge in [-0.15, -0.1) is 0 Å². The number of pyridine rings is 1. The number of aromatic nitrogens is 1. The van der Waals surface area contributed by atoms with Crippen molar-refractivity contribution in [2.75, 3.05) is 7.11 Å². The molecule has 1 aromatic rings. The lowest BCUT2D eigenvalue weighted by atomic mass is 10.2. The maximum Gasteiger partial charge on any atom is 0.311 e. The second-order valence-electron chi connectivity index (χ2n) is 2.86. The number of hydrogen-bond donors (Lipinski definition) is 0. The lowest BCUT2D eigenvalue weighted by Gasteiger charge is -2.07. The standard InChI is InChI=1S/C9H7Cl2F2NO2/c1-16-6(15)3-4-2-5(9(12)13)7(10)8(11)14-4/h2,9H,3H2,1H3. The van der Waals surface area contributed by atoms with Crippen LogP contribution >= 0.6 is 23.2 Å². The Bertz CT molecular complexity index is 413. The second-order valence-corrected chi connectivity index (χ2v) is 3.60. The number of ether oxygens (including phenoxy) is 1. The molecule has 16 heavy (non-hydrogen) atoms. The van der Waals surface area contributed by atoms with Crippen molar-refractivity contribution in [3.05, 3.63) is 27.5 Å². The molecule has 0 atom stereocenters. The zero-order chi connectivity index (χ0) is 12.3. The molecule has 0 aliphatic rings. The molecule has 1 aromatic heterocycles. The molecule has 0 radical (unpaired) electrons. The van der Waals surface area contributed by atoms with Gasteiger partial charge in [-0.05, 0) is 6.07 Å². The highest BCUT2D eigenvalue weighted by molar-refractivity contribution is 6.41. The first-order valence-corrected chi connectivity index (χ1v) is 4.91. The summed E-state index contributed by atoms with van der Waals surface area (Å²) in [5.41, 5.74) is -0.350. The van der Waals surface area contributed by atoms with Crippen LogP contribution in [0.3, 0.4) is 0 Å². The van der Waals surface area contributed by atoms with Crippen molar-refractivity contribution in [1.29, 1.82) is 0 Å². The topological polar surface area (TPSA) is 39.2 Å². The fourth-order valence-corrected chi connectivity index (χ4v) is 1.44. The average molecular weight is 270 g/mol. The Morgan fingerprint density at radius 1 is 1.56 bits per heavy atom. The van der Waals surface area contributed by atoms with Gasteiger partial charge >= 0.3 is 5.97 Å². The van der Waals surface area contributed by atoms with Crippen LogP contribution in [0.15, 0.2) is 6.07 Å². The molecular formula is C9H7Cl2F2NO2. The Hall–Kier alpha value is -0.940. The highest BCUT2D eigenvalue weighted by Crippen LogP contribution is 2.32. The van der Waals surface area contributed by atoms with E-state index in [2.05, 4.69) is 9.72 Å². The SMILES string of the molecule is COC(=O)Cc1cc(C(F)F)c(Cl)c(Cl)n1. The molecule has 0 spiro atoms. The highest BCUT2D eigenvalue weighted by atomic mass is 35.5. The third-order valence-electron chi connectivity index (χ3n) is 1.79. The number of halogens is 4. The lowest BCUT2D eigenvalue weighted by molar-refractivity contribution is -0.139. The second kappa shape index (κ2) is 5.41.